The van der Waals surface area contributed by atoms with Gasteiger partial charge >= 0.3 is 5.97 Å². The summed E-state index contributed by atoms with van der Waals surface area (Å²) in [7, 11) is 0. The third-order valence-corrected chi connectivity index (χ3v) is 2.76. The van der Waals surface area contributed by atoms with Gasteiger partial charge in [-0.3, -0.25) is 4.79 Å². The Morgan fingerprint density at radius 3 is 1.86 bits per heavy atom. The second-order valence-electron chi connectivity index (χ2n) is 4.21. The first kappa shape index (κ1) is 12.9. The third kappa shape index (κ3) is 2.05. The highest BCUT2D eigenvalue weighted by Crippen LogP contribution is 2.25. The highest BCUT2D eigenvalue weighted by molar-refractivity contribution is 5.81. The molecule has 0 aromatic rings. The molecule has 82 valence electrons. The summed E-state index contributed by atoms with van der Waals surface area (Å²) < 4.78 is 0. The quantitative estimate of drug-likeness (QED) is 0.683. The summed E-state index contributed by atoms with van der Waals surface area (Å²) in [6.45, 7) is 8.78. The lowest BCUT2D eigenvalue weighted by Crippen LogP contribution is -2.57. The van der Waals surface area contributed by atoms with Gasteiger partial charge in [-0.25, -0.2) is 4.79 Å². The lowest BCUT2D eigenvalue weighted by Gasteiger charge is -2.40. The fraction of sp³-hybridized carbons (Fsp3) is 0.800. The maximum atomic E-state index is 11.2. The van der Waals surface area contributed by atoms with Crippen LogP contribution in [0.2, 0.25) is 0 Å². The van der Waals surface area contributed by atoms with Crippen LogP contribution in [0.1, 0.15) is 34.6 Å². The zero-order valence-electron chi connectivity index (χ0n) is 9.44. The topological polar surface area (TPSA) is 57.6 Å². The number of hydrogen-bond donors (Lipinski definition) is 1. The average molecular weight is 201 g/mol. The number of aliphatic carboxylic acids is 1. The van der Waals surface area contributed by atoms with Crippen molar-refractivity contribution in [2.75, 3.05) is 0 Å². The lowest BCUT2D eigenvalue weighted by atomic mass is 9.86. The first-order valence-corrected chi connectivity index (χ1v) is 4.75. The molecule has 1 unspecified atom stereocenters. The number of amides is 1. The van der Waals surface area contributed by atoms with Gasteiger partial charge in [-0.15, -0.1) is 0 Å². The maximum absolute atomic E-state index is 11.2. The molecule has 0 rings (SSSR count). The summed E-state index contributed by atoms with van der Waals surface area (Å²) in [4.78, 5) is 23.4. The van der Waals surface area contributed by atoms with Gasteiger partial charge in [0.15, 0.2) is 0 Å². The Hall–Kier alpha value is -1.06. The molecule has 1 N–H and O–H groups in total. The Bertz CT molecular complexity index is 225. The van der Waals surface area contributed by atoms with E-state index in [1.165, 1.54) is 4.90 Å². The molecule has 0 aromatic carbocycles. The SMILES string of the molecule is CC(C)N(C=O)C(C)(C(=O)O)C(C)C. The van der Waals surface area contributed by atoms with Crippen LogP contribution in [0.3, 0.4) is 0 Å². The molecule has 4 heteroatoms. The van der Waals surface area contributed by atoms with Gasteiger partial charge in [-0.1, -0.05) is 13.8 Å². The molecule has 14 heavy (non-hydrogen) atoms. The first-order chi connectivity index (χ1) is 6.28. The van der Waals surface area contributed by atoms with Crippen LogP contribution in [0.4, 0.5) is 0 Å². The number of hydrogen-bond acceptors (Lipinski definition) is 2. The summed E-state index contributed by atoms with van der Waals surface area (Å²) in [6.07, 6.45) is 0.610. The molecule has 4 nitrogen and oxygen atoms in total. The fourth-order valence-corrected chi connectivity index (χ4v) is 1.42. The predicted octanol–water partition coefficient (Wildman–Crippen LogP) is 1.35. The smallest absolute Gasteiger partial charge is 0.329 e. The largest absolute Gasteiger partial charge is 0.479 e. The van der Waals surface area contributed by atoms with Gasteiger partial charge in [-0.05, 0) is 26.7 Å². The number of carboxylic acid groups (broad SMARTS) is 1. The van der Waals surface area contributed by atoms with Gasteiger partial charge in [0.05, 0.1) is 0 Å². The second-order valence-corrected chi connectivity index (χ2v) is 4.21. The van der Waals surface area contributed by atoms with Gasteiger partial charge < -0.3 is 10.0 Å². The van der Waals surface area contributed by atoms with E-state index >= 15 is 0 Å². The van der Waals surface area contributed by atoms with Crippen molar-refractivity contribution in [3.8, 4) is 0 Å². The molecule has 0 heterocycles. The molecule has 0 aliphatic carbocycles. The second kappa shape index (κ2) is 4.44. The van der Waals surface area contributed by atoms with E-state index in [0.29, 0.717) is 6.41 Å². The zero-order valence-corrected chi connectivity index (χ0v) is 9.44. The van der Waals surface area contributed by atoms with Crippen LogP contribution in [0.5, 0.6) is 0 Å². The molecule has 0 spiro atoms. The summed E-state index contributed by atoms with van der Waals surface area (Å²) in [5.74, 6) is -1.10. The number of carbonyl (C=O) groups excluding carboxylic acids is 1. The van der Waals surface area contributed by atoms with Gasteiger partial charge in [0.2, 0.25) is 6.41 Å². The van der Waals surface area contributed by atoms with E-state index in [-0.39, 0.29) is 12.0 Å². The van der Waals surface area contributed by atoms with Crippen LogP contribution in [-0.2, 0) is 9.59 Å². The van der Waals surface area contributed by atoms with Crippen LogP contribution >= 0.6 is 0 Å². The summed E-state index contributed by atoms with van der Waals surface area (Å²) in [6, 6.07) is -0.115. The van der Waals surface area contributed by atoms with Crippen LogP contribution in [0.25, 0.3) is 0 Å². The van der Waals surface area contributed by atoms with Crippen molar-refractivity contribution in [3.63, 3.8) is 0 Å². The summed E-state index contributed by atoms with van der Waals surface area (Å²) in [5.41, 5.74) is -1.13. The zero-order chi connectivity index (χ0) is 11.5. The van der Waals surface area contributed by atoms with E-state index in [1.54, 1.807) is 34.6 Å². The number of rotatable bonds is 5. The maximum Gasteiger partial charge on any atom is 0.329 e. The Kier molecular flexibility index (Phi) is 4.10. The monoisotopic (exact) mass is 201 g/mol. The Morgan fingerprint density at radius 2 is 1.79 bits per heavy atom. The van der Waals surface area contributed by atoms with E-state index in [9.17, 15) is 9.59 Å². The highest BCUT2D eigenvalue weighted by atomic mass is 16.4. The Morgan fingerprint density at radius 1 is 1.36 bits per heavy atom. The molecule has 0 aliphatic rings. The Labute approximate surface area is 84.9 Å². The van der Waals surface area contributed by atoms with Gasteiger partial charge in [-0.2, -0.15) is 0 Å². The van der Waals surface area contributed by atoms with Crippen molar-refractivity contribution in [3.05, 3.63) is 0 Å². The highest BCUT2D eigenvalue weighted by Gasteiger charge is 2.43. The van der Waals surface area contributed by atoms with E-state index in [4.69, 9.17) is 5.11 Å². The molecular formula is C10H19NO3. The predicted molar refractivity (Wildman–Crippen MR) is 53.9 cm³/mol. The minimum absolute atomic E-state index is 0.115. The first-order valence-electron chi connectivity index (χ1n) is 4.75. The molecule has 1 atom stereocenters. The molecule has 0 aromatic heterocycles. The van der Waals surface area contributed by atoms with Crippen molar-refractivity contribution in [1.82, 2.24) is 4.90 Å². The molecule has 0 saturated heterocycles. The molecule has 0 fully saturated rings. The molecular weight excluding hydrogens is 182 g/mol. The molecule has 0 radical (unpaired) electrons. The van der Waals surface area contributed by atoms with E-state index in [0.717, 1.165) is 0 Å². The molecule has 0 bridgehead atoms. The average Bonchev–Trinajstić information content (AvgIpc) is 2.03. The summed E-state index contributed by atoms with van der Waals surface area (Å²) >= 11 is 0. The van der Waals surface area contributed by atoms with Crippen molar-refractivity contribution < 1.29 is 14.7 Å². The number of nitrogens with zero attached hydrogens (tertiary/aromatic N) is 1. The van der Waals surface area contributed by atoms with Crippen molar-refractivity contribution >= 4 is 12.4 Å². The van der Waals surface area contributed by atoms with E-state index in [1.807, 2.05) is 0 Å². The van der Waals surface area contributed by atoms with Crippen molar-refractivity contribution in [2.45, 2.75) is 46.2 Å². The molecule has 0 saturated carbocycles. The molecule has 0 aliphatic heterocycles. The van der Waals surface area contributed by atoms with Crippen LogP contribution in [0.15, 0.2) is 0 Å². The van der Waals surface area contributed by atoms with Crippen LogP contribution in [0, 0.1) is 5.92 Å². The standard InChI is InChI=1S/C10H19NO3/c1-7(2)10(5,9(13)14)11(6-12)8(3)4/h6-8H,1-5H3,(H,13,14). The van der Waals surface area contributed by atoms with Crippen LogP contribution < -0.4 is 0 Å². The van der Waals surface area contributed by atoms with Gasteiger partial charge in [0, 0.05) is 6.04 Å². The number of carboxylic acids is 1. The van der Waals surface area contributed by atoms with Crippen molar-refractivity contribution in [1.29, 1.82) is 0 Å². The minimum Gasteiger partial charge on any atom is -0.479 e. The summed E-state index contributed by atoms with van der Waals surface area (Å²) in [5, 5.41) is 9.15. The fourth-order valence-electron chi connectivity index (χ4n) is 1.42. The lowest BCUT2D eigenvalue weighted by molar-refractivity contribution is -0.159. The van der Waals surface area contributed by atoms with E-state index in [2.05, 4.69) is 0 Å². The third-order valence-electron chi connectivity index (χ3n) is 2.76. The minimum atomic E-state index is -1.13. The van der Waals surface area contributed by atoms with Gasteiger partial charge in [0.1, 0.15) is 5.54 Å². The Balaban J connectivity index is 5.17. The van der Waals surface area contributed by atoms with Gasteiger partial charge in [0.25, 0.3) is 0 Å². The molecule has 1 amide bonds. The normalized spacial score (nSPS) is 15.4. The number of carbonyl (C=O) groups is 2. The van der Waals surface area contributed by atoms with Crippen LogP contribution in [-0.4, -0.2) is 34.0 Å². The van der Waals surface area contributed by atoms with Crippen molar-refractivity contribution in [2.24, 2.45) is 5.92 Å². The van der Waals surface area contributed by atoms with E-state index < -0.39 is 11.5 Å².